The fourth-order valence-corrected chi connectivity index (χ4v) is 2.28. The van der Waals surface area contributed by atoms with Crippen molar-refractivity contribution in [3.05, 3.63) is 0 Å². The van der Waals surface area contributed by atoms with Crippen LogP contribution in [0.2, 0.25) is 0 Å². The van der Waals surface area contributed by atoms with Crippen LogP contribution in [0.15, 0.2) is 0 Å². The van der Waals surface area contributed by atoms with Crippen LogP contribution in [0.3, 0.4) is 0 Å². The predicted octanol–water partition coefficient (Wildman–Crippen LogP) is 2.11. The maximum atomic E-state index is 12.0. The second-order valence-corrected chi connectivity index (χ2v) is 4.45. The maximum absolute atomic E-state index is 12.0. The number of hydrogen-bond acceptors (Lipinski definition) is 3. The molecule has 0 spiro atoms. The summed E-state index contributed by atoms with van der Waals surface area (Å²) in [6.07, 6.45) is 4.96. The van der Waals surface area contributed by atoms with E-state index in [1.165, 1.54) is 0 Å². The molecule has 0 saturated carbocycles. The van der Waals surface area contributed by atoms with E-state index in [9.17, 15) is 4.79 Å². The highest BCUT2D eigenvalue weighted by atomic mass is 16.5. The minimum absolute atomic E-state index is 0.0124. The number of ether oxygens (including phenoxy) is 1. The van der Waals surface area contributed by atoms with Crippen LogP contribution in [-0.2, 0) is 9.53 Å². The number of hydrogen-bond donors (Lipinski definition) is 1. The topological polar surface area (TPSA) is 38.3 Å². The van der Waals surface area contributed by atoms with Crippen LogP contribution in [0.5, 0.6) is 0 Å². The summed E-state index contributed by atoms with van der Waals surface area (Å²) in [5.41, 5.74) is -0.234. The molecule has 1 unspecified atom stereocenters. The van der Waals surface area contributed by atoms with E-state index >= 15 is 0 Å². The number of nitrogens with one attached hydrogen (secondary N) is 1. The second kappa shape index (κ2) is 6.11. The predicted molar refractivity (Wildman–Crippen MR) is 60.7 cm³/mol. The van der Waals surface area contributed by atoms with E-state index in [4.69, 9.17) is 4.74 Å². The van der Waals surface area contributed by atoms with Crippen LogP contribution < -0.4 is 5.32 Å². The molecule has 0 amide bonds. The lowest BCUT2D eigenvalue weighted by molar-refractivity contribution is -0.157. The Morgan fingerprint density at radius 1 is 1.40 bits per heavy atom. The van der Waals surface area contributed by atoms with Crippen molar-refractivity contribution in [3.8, 4) is 0 Å². The largest absolute Gasteiger partial charge is 0.465 e. The fraction of sp³-hybridized carbons (Fsp3) is 0.917. The van der Waals surface area contributed by atoms with Crippen molar-refractivity contribution in [2.24, 2.45) is 5.41 Å². The quantitative estimate of drug-likeness (QED) is 0.711. The third-order valence-corrected chi connectivity index (χ3v) is 3.07. The van der Waals surface area contributed by atoms with Crippen molar-refractivity contribution >= 4 is 5.97 Å². The SMILES string of the molecule is CCCOC(=O)C1(CCC)CCCNC1. The Labute approximate surface area is 92.6 Å². The van der Waals surface area contributed by atoms with Crippen LogP contribution in [0.4, 0.5) is 0 Å². The standard InChI is InChI=1S/C12H23NO2/c1-3-6-12(7-5-8-13-10-12)11(14)15-9-4-2/h13H,3-10H2,1-2H3. The van der Waals surface area contributed by atoms with Crippen LogP contribution in [0, 0.1) is 5.41 Å². The van der Waals surface area contributed by atoms with Crippen LogP contribution in [0.1, 0.15) is 46.0 Å². The molecule has 0 aromatic rings. The molecule has 1 N–H and O–H groups in total. The first-order valence-corrected chi connectivity index (χ1v) is 6.13. The van der Waals surface area contributed by atoms with Crippen molar-refractivity contribution in [1.82, 2.24) is 5.32 Å². The zero-order valence-corrected chi connectivity index (χ0v) is 9.97. The molecule has 3 heteroatoms. The van der Waals surface area contributed by atoms with E-state index in [0.717, 1.165) is 45.2 Å². The van der Waals surface area contributed by atoms with E-state index in [1.54, 1.807) is 0 Å². The van der Waals surface area contributed by atoms with Gasteiger partial charge in [0.15, 0.2) is 0 Å². The number of carbonyl (C=O) groups is 1. The molecule has 1 aliphatic rings. The van der Waals surface area contributed by atoms with Crippen LogP contribution >= 0.6 is 0 Å². The summed E-state index contributed by atoms with van der Waals surface area (Å²) in [4.78, 5) is 12.0. The normalized spacial score (nSPS) is 26.3. The Hall–Kier alpha value is -0.570. The summed E-state index contributed by atoms with van der Waals surface area (Å²) in [7, 11) is 0. The molecular weight excluding hydrogens is 190 g/mol. The van der Waals surface area contributed by atoms with Gasteiger partial charge >= 0.3 is 5.97 Å². The average molecular weight is 213 g/mol. The zero-order chi connectivity index (χ0) is 11.1. The van der Waals surface area contributed by atoms with E-state index in [-0.39, 0.29) is 11.4 Å². The molecule has 0 aromatic heterocycles. The molecule has 0 bridgehead atoms. The van der Waals surface area contributed by atoms with Crippen LogP contribution in [0.25, 0.3) is 0 Å². The molecule has 1 rings (SSSR count). The number of carbonyl (C=O) groups excluding carboxylic acids is 1. The minimum atomic E-state index is -0.234. The van der Waals surface area contributed by atoms with Crippen molar-refractivity contribution < 1.29 is 9.53 Å². The molecule has 1 heterocycles. The third-order valence-electron chi connectivity index (χ3n) is 3.07. The van der Waals surface area contributed by atoms with E-state index in [0.29, 0.717) is 6.61 Å². The van der Waals surface area contributed by atoms with Gasteiger partial charge in [-0.25, -0.2) is 0 Å². The summed E-state index contributed by atoms with van der Waals surface area (Å²) in [5.74, 6) is 0.0124. The summed E-state index contributed by atoms with van der Waals surface area (Å²) in [5, 5.41) is 3.32. The first kappa shape index (κ1) is 12.5. The van der Waals surface area contributed by atoms with Crippen LogP contribution in [-0.4, -0.2) is 25.7 Å². The Morgan fingerprint density at radius 3 is 2.73 bits per heavy atom. The molecule has 88 valence electrons. The summed E-state index contributed by atoms with van der Waals surface area (Å²) in [6.45, 7) is 6.54. The van der Waals surface area contributed by atoms with E-state index in [1.807, 2.05) is 6.92 Å². The molecule has 0 radical (unpaired) electrons. The molecule has 1 aliphatic heterocycles. The van der Waals surface area contributed by atoms with Gasteiger partial charge in [-0.15, -0.1) is 0 Å². The number of piperidine rings is 1. The van der Waals surface area contributed by atoms with Gasteiger partial charge in [0.25, 0.3) is 0 Å². The van der Waals surface area contributed by atoms with Gasteiger partial charge in [0.2, 0.25) is 0 Å². The molecule has 1 fully saturated rings. The van der Waals surface area contributed by atoms with Gasteiger partial charge in [0.1, 0.15) is 0 Å². The Bertz CT molecular complexity index is 192. The number of rotatable bonds is 5. The first-order chi connectivity index (χ1) is 7.25. The van der Waals surface area contributed by atoms with E-state index < -0.39 is 0 Å². The highest BCUT2D eigenvalue weighted by Gasteiger charge is 2.39. The highest BCUT2D eigenvalue weighted by molar-refractivity contribution is 5.77. The lowest BCUT2D eigenvalue weighted by Crippen LogP contribution is -2.46. The third kappa shape index (κ3) is 3.20. The summed E-state index contributed by atoms with van der Waals surface area (Å²) in [6, 6.07) is 0. The van der Waals surface area contributed by atoms with Crippen molar-refractivity contribution in [3.63, 3.8) is 0 Å². The lowest BCUT2D eigenvalue weighted by Gasteiger charge is -2.35. The van der Waals surface area contributed by atoms with Gasteiger partial charge in [0.05, 0.1) is 12.0 Å². The second-order valence-electron chi connectivity index (χ2n) is 4.45. The Kier molecular flexibility index (Phi) is 5.09. The molecule has 0 aromatic carbocycles. The van der Waals surface area contributed by atoms with Gasteiger partial charge in [-0.1, -0.05) is 20.3 Å². The van der Waals surface area contributed by atoms with Gasteiger partial charge in [0, 0.05) is 6.54 Å². The highest BCUT2D eigenvalue weighted by Crippen LogP contribution is 2.33. The molecular formula is C12H23NO2. The zero-order valence-electron chi connectivity index (χ0n) is 9.97. The number of esters is 1. The maximum Gasteiger partial charge on any atom is 0.313 e. The molecule has 1 atom stereocenters. The van der Waals surface area contributed by atoms with Gasteiger partial charge in [-0.05, 0) is 32.2 Å². The molecule has 1 saturated heterocycles. The Balaban J connectivity index is 2.57. The van der Waals surface area contributed by atoms with Crippen molar-refractivity contribution in [1.29, 1.82) is 0 Å². The van der Waals surface area contributed by atoms with Gasteiger partial charge in [-0.2, -0.15) is 0 Å². The van der Waals surface area contributed by atoms with Gasteiger partial charge < -0.3 is 10.1 Å². The van der Waals surface area contributed by atoms with Crippen molar-refractivity contribution in [2.75, 3.05) is 19.7 Å². The average Bonchev–Trinajstić information content (AvgIpc) is 2.27. The Morgan fingerprint density at radius 2 is 2.20 bits per heavy atom. The lowest BCUT2D eigenvalue weighted by atomic mass is 9.77. The first-order valence-electron chi connectivity index (χ1n) is 6.13. The van der Waals surface area contributed by atoms with Gasteiger partial charge in [-0.3, -0.25) is 4.79 Å². The minimum Gasteiger partial charge on any atom is -0.465 e. The monoisotopic (exact) mass is 213 g/mol. The summed E-state index contributed by atoms with van der Waals surface area (Å²) >= 11 is 0. The fourth-order valence-electron chi connectivity index (χ4n) is 2.28. The smallest absolute Gasteiger partial charge is 0.313 e. The van der Waals surface area contributed by atoms with Crippen molar-refractivity contribution in [2.45, 2.75) is 46.0 Å². The van der Waals surface area contributed by atoms with E-state index in [2.05, 4.69) is 12.2 Å². The molecule has 0 aliphatic carbocycles. The summed E-state index contributed by atoms with van der Waals surface area (Å²) < 4.78 is 5.31. The molecule has 3 nitrogen and oxygen atoms in total. The molecule has 15 heavy (non-hydrogen) atoms.